The van der Waals surface area contributed by atoms with Crippen LogP contribution >= 0.6 is 12.4 Å². The zero-order chi connectivity index (χ0) is 15.6. The summed E-state index contributed by atoms with van der Waals surface area (Å²) in [7, 11) is 0. The lowest BCUT2D eigenvalue weighted by atomic mass is 9.86. The van der Waals surface area contributed by atoms with Crippen LogP contribution in [-0.2, 0) is 11.2 Å². The van der Waals surface area contributed by atoms with Crippen molar-refractivity contribution in [2.24, 2.45) is 17.1 Å². The minimum Gasteiger partial charge on any atom is -0.341 e. The molecular weight excluding hydrogens is 303 g/mol. The van der Waals surface area contributed by atoms with E-state index in [1.165, 1.54) is 12.1 Å². The molecule has 1 aliphatic rings. The van der Waals surface area contributed by atoms with Gasteiger partial charge in [0.25, 0.3) is 0 Å². The topological polar surface area (TPSA) is 46.3 Å². The molecule has 0 bridgehead atoms. The van der Waals surface area contributed by atoms with Gasteiger partial charge in [-0.05, 0) is 41.9 Å². The number of carbonyl (C=O) groups excluding carboxylic acids is 1. The molecule has 0 saturated carbocycles. The Bertz CT molecular complexity index is 498. The molecule has 0 aliphatic carbocycles. The molecule has 1 aromatic rings. The number of halogens is 2. The Hall–Kier alpha value is -1.13. The summed E-state index contributed by atoms with van der Waals surface area (Å²) >= 11 is 0. The summed E-state index contributed by atoms with van der Waals surface area (Å²) in [4.78, 5) is 14.3. The van der Waals surface area contributed by atoms with E-state index in [4.69, 9.17) is 5.73 Å². The van der Waals surface area contributed by atoms with Crippen molar-refractivity contribution in [3.05, 3.63) is 35.6 Å². The molecule has 0 spiro atoms. The first-order valence-corrected chi connectivity index (χ1v) is 7.56. The number of rotatable bonds is 3. The average molecular weight is 329 g/mol. The maximum absolute atomic E-state index is 12.9. The van der Waals surface area contributed by atoms with Crippen LogP contribution in [0.25, 0.3) is 0 Å². The quantitative estimate of drug-likeness (QED) is 0.927. The minimum absolute atomic E-state index is 0. The maximum atomic E-state index is 12.9. The highest BCUT2D eigenvalue weighted by Gasteiger charge is 2.34. The first-order chi connectivity index (χ1) is 9.77. The lowest BCUT2D eigenvalue weighted by molar-refractivity contribution is -0.134. The number of nitrogens with zero attached hydrogens (tertiary/aromatic N) is 1. The van der Waals surface area contributed by atoms with E-state index in [2.05, 4.69) is 0 Å². The van der Waals surface area contributed by atoms with Gasteiger partial charge in [0.2, 0.25) is 5.91 Å². The van der Waals surface area contributed by atoms with Gasteiger partial charge in [-0.3, -0.25) is 4.79 Å². The van der Waals surface area contributed by atoms with Gasteiger partial charge >= 0.3 is 0 Å². The van der Waals surface area contributed by atoms with Gasteiger partial charge in [0.1, 0.15) is 5.82 Å². The molecule has 124 valence electrons. The smallest absolute Gasteiger partial charge is 0.240 e. The van der Waals surface area contributed by atoms with Gasteiger partial charge in [0, 0.05) is 13.1 Å². The molecule has 1 amide bonds. The van der Waals surface area contributed by atoms with E-state index in [1.807, 2.05) is 37.8 Å². The van der Waals surface area contributed by atoms with Crippen LogP contribution in [0.4, 0.5) is 4.39 Å². The number of hydrogen-bond acceptors (Lipinski definition) is 2. The van der Waals surface area contributed by atoms with Crippen molar-refractivity contribution in [2.45, 2.75) is 39.7 Å². The Kier molecular flexibility index (Phi) is 6.38. The Morgan fingerprint density at radius 2 is 1.95 bits per heavy atom. The van der Waals surface area contributed by atoms with Crippen molar-refractivity contribution in [3.63, 3.8) is 0 Å². The molecule has 1 aromatic carbocycles. The van der Waals surface area contributed by atoms with Crippen molar-refractivity contribution >= 4 is 18.3 Å². The standard InChI is InChI=1S/C17H25FN2O.ClH/c1-17(2,3)15(19)16(21)20-9-8-13(11-20)10-12-4-6-14(18)7-5-12;/h4-7,13,15H,8-11,19H2,1-3H3;1H/t13?,15-;/m1./s1. The molecule has 0 aromatic heterocycles. The molecule has 5 heteroatoms. The lowest BCUT2D eigenvalue weighted by Crippen LogP contribution is -2.49. The Morgan fingerprint density at radius 3 is 2.50 bits per heavy atom. The molecule has 2 atom stereocenters. The van der Waals surface area contributed by atoms with Gasteiger partial charge in [-0.1, -0.05) is 32.9 Å². The second-order valence-electron chi connectivity index (χ2n) is 7.11. The first kappa shape index (κ1) is 18.9. The van der Waals surface area contributed by atoms with E-state index >= 15 is 0 Å². The number of carbonyl (C=O) groups is 1. The molecule has 1 heterocycles. The van der Waals surface area contributed by atoms with Crippen LogP contribution in [-0.4, -0.2) is 29.9 Å². The largest absolute Gasteiger partial charge is 0.341 e. The molecule has 1 unspecified atom stereocenters. The molecule has 2 rings (SSSR count). The molecule has 3 nitrogen and oxygen atoms in total. The van der Waals surface area contributed by atoms with Crippen LogP contribution in [0.2, 0.25) is 0 Å². The van der Waals surface area contributed by atoms with Crippen molar-refractivity contribution in [2.75, 3.05) is 13.1 Å². The van der Waals surface area contributed by atoms with Gasteiger partial charge < -0.3 is 10.6 Å². The van der Waals surface area contributed by atoms with E-state index < -0.39 is 6.04 Å². The van der Waals surface area contributed by atoms with Crippen LogP contribution in [0.3, 0.4) is 0 Å². The fraction of sp³-hybridized carbons (Fsp3) is 0.588. The summed E-state index contributed by atoms with van der Waals surface area (Å²) in [5, 5.41) is 0. The fourth-order valence-corrected chi connectivity index (χ4v) is 2.72. The summed E-state index contributed by atoms with van der Waals surface area (Å²) < 4.78 is 12.9. The summed E-state index contributed by atoms with van der Waals surface area (Å²) in [5.74, 6) is 0.272. The predicted molar refractivity (Wildman–Crippen MR) is 89.5 cm³/mol. The van der Waals surface area contributed by atoms with Crippen LogP contribution in [0, 0.1) is 17.2 Å². The Labute approximate surface area is 138 Å². The van der Waals surface area contributed by atoms with Gasteiger partial charge in [-0.25, -0.2) is 4.39 Å². The second-order valence-corrected chi connectivity index (χ2v) is 7.11. The van der Waals surface area contributed by atoms with Crippen LogP contribution in [0.15, 0.2) is 24.3 Å². The first-order valence-electron chi connectivity index (χ1n) is 7.56. The van der Waals surface area contributed by atoms with Crippen molar-refractivity contribution in [3.8, 4) is 0 Å². The zero-order valence-corrected chi connectivity index (χ0v) is 14.3. The third-order valence-corrected chi connectivity index (χ3v) is 4.23. The van der Waals surface area contributed by atoms with Crippen LogP contribution in [0.1, 0.15) is 32.8 Å². The van der Waals surface area contributed by atoms with Gasteiger partial charge in [0.15, 0.2) is 0 Å². The number of likely N-dealkylation sites (tertiary alicyclic amines) is 1. The summed E-state index contributed by atoms with van der Waals surface area (Å²) in [6, 6.07) is 6.16. The highest BCUT2D eigenvalue weighted by molar-refractivity contribution is 5.85. The number of amides is 1. The lowest BCUT2D eigenvalue weighted by Gasteiger charge is -2.30. The number of hydrogen-bond donors (Lipinski definition) is 1. The summed E-state index contributed by atoms with van der Waals surface area (Å²) in [6.45, 7) is 7.49. The average Bonchev–Trinajstić information content (AvgIpc) is 2.87. The molecule has 2 N–H and O–H groups in total. The third-order valence-electron chi connectivity index (χ3n) is 4.23. The molecule has 1 aliphatic heterocycles. The van der Waals surface area contributed by atoms with E-state index in [-0.39, 0.29) is 29.5 Å². The van der Waals surface area contributed by atoms with Gasteiger partial charge in [0.05, 0.1) is 6.04 Å². The predicted octanol–water partition coefficient (Wildman–Crippen LogP) is 3.01. The molecule has 0 radical (unpaired) electrons. The van der Waals surface area contributed by atoms with Crippen molar-refractivity contribution in [1.29, 1.82) is 0 Å². The monoisotopic (exact) mass is 328 g/mol. The molecule has 1 saturated heterocycles. The highest BCUT2D eigenvalue weighted by Crippen LogP contribution is 2.25. The van der Waals surface area contributed by atoms with Crippen LogP contribution in [0.5, 0.6) is 0 Å². The van der Waals surface area contributed by atoms with E-state index in [9.17, 15) is 9.18 Å². The molecule has 1 fully saturated rings. The summed E-state index contributed by atoms with van der Waals surface area (Å²) in [5.41, 5.74) is 6.96. The van der Waals surface area contributed by atoms with Gasteiger partial charge in [-0.2, -0.15) is 0 Å². The Balaban J connectivity index is 0.00000242. The molecular formula is C17H26ClFN2O. The second kappa shape index (κ2) is 7.42. The third kappa shape index (κ3) is 4.68. The minimum atomic E-state index is -0.456. The van der Waals surface area contributed by atoms with Crippen molar-refractivity contribution < 1.29 is 9.18 Å². The van der Waals surface area contributed by atoms with E-state index in [0.717, 1.165) is 31.5 Å². The highest BCUT2D eigenvalue weighted by atomic mass is 35.5. The maximum Gasteiger partial charge on any atom is 0.240 e. The zero-order valence-electron chi connectivity index (χ0n) is 13.5. The number of benzene rings is 1. The Morgan fingerprint density at radius 1 is 1.36 bits per heavy atom. The normalized spacial score (nSPS) is 19.7. The molecule has 22 heavy (non-hydrogen) atoms. The number of nitrogens with two attached hydrogens (primary N) is 1. The van der Waals surface area contributed by atoms with E-state index in [0.29, 0.717) is 5.92 Å². The van der Waals surface area contributed by atoms with Crippen molar-refractivity contribution in [1.82, 2.24) is 4.90 Å². The SMILES string of the molecule is CC(C)(C)[C@H](N)C(=O)N1CCC(Cc2ccc(F)cc2)C1.Cl. The van der Waals surface area contributed by atoms with Crippen LogP contribution < -0.4 is 5.73 Å². The summed E-state index contributed by atoms with van der Waals surface area (Å²) in [6.07, 6.45) is 1.87. The van der Waals surface area contributed by atoms with Gasteiger partial charge in [-0.15, -0.1) is 12.4 Å². The fourth-order valence-electron chi connectivity index (χ4n) is 2.72. The van der Waals surface area contributed by atoms with E-state index in [1.54, 1.807) is 0 Å².